The first-order valence-corrected chi connectivity index (χ1v) is 6.47. The predicted molar refractivity (Wildman–Crippen MR) is 67.6 cm³/mol. The second kappa shape index (κ2) is 9.64. The SMILES string of the molecule is CC(C)CCCCCCNC(C)CC(=O)O. The molecule has 0 aromatic heterocycles. The van der Waals surface area contributed by atoms with Crippen molar-refractivity contribution >= 4 is 5.97 Å². The average molecular weight is 229 g/mol. The van der Waals surface area contributed by atoms with Gasteiger partial charge >= 0.3 is 5.97 Å². The van der Waals surface area contributed by atoms with Gasteiger partial charge in [-0.3, -0.25) is 4.79 Å². The quantitative estimate of drug-likeness (QED) is 0.566. The summed E-state index contributed by atoms with van der Waals surface area (Å²) in [6, 6.07) is 0.0909. The smallest absolute Gasteiger partial charge is 0.304 e. The van der Waals surface area contributed by atoms with Gasteiger partial charge in [-0.25, -0.2) is 0 Å². The number of rotatable bonds is 10. The van der Waals surface area contributed by atoms with Crippen molar-refractivity contribution in [3.8, 4) is 0 Å². The molecule has 2 N–H and O–H groups in total. The number of carboxylic acid groups (broad SMARTS) is 1. The Hall–Kier alpha value is -0.570. The summed E-state index contributed by atoms with van der Waals surface area (Å²) in [7, 11) is 0. The van der Waals surface area contributed by atoms with Gasteiger partial charge in [-0.2, -0.15) is 0 Å². The Morgan fingerprint density at radius 1 is 1.12 bits per heavy atom. The van der Waals surface area contributed by atoms with Gasteiger partial charge in [0.2, 0.25) is 0 Å². The third-order valence-corrected chi connectivity index (χ3v) is 2.68. The van der Waals surface area contributed by atoms with Crippen LogP contribution in [0.4, 0.5) is 0 Å². The highest BCUT2D eigenvalue weighted by molar-refractivity contribution is 5.67. The van der Waals surface area contributed by atoms with Crippen molar-refractivity contribution in [1.29, 1.82) is 0 Å². The van der Waals surface area contributed by atoms with Crippen LogP contribution < -0.4 is 5.32 Å². The predicted octanol–water partition coefficient (Wildman–Crippen LogP) is 3.05. The Balaban J connectivity index is 3.17. The molecule has 1 atom stereocenters. The van der Waals surface area contributed by atoms with E-state index in [1.165, 1.54) is 25.7 Å². The van der Waals surface area contributed by atoms with Crippen molar-refractivity contribution in [3.05, 3.63) is 0 Å². The second-order valence-electron chi connectivity index (χ2n) is 5.05. The Morgan fingerprint density at radius 2 is 1.75 bits per heavy atom. The summed E-state index contributed by atoms with van der Waals surface area (Å²) in [5.74, 6) is 0.0886. The fourth-order valence-corrected chi connectivity index (χ4v) is 1.71. The van der Waals surface area contributed by atoms with E-state index >= 15 is 0 Å². The molecule has 0 radical (unpaired) electrons. The zero-order valence-corrected chi connectivity index (χ0v) is 11.0. The first kappa shape index (κ1) is 15.4. The van der Waals surface area contributed by atoms with E-state index in [1.807, 2.05) is 6.92 Å². The molecule has 0 spiro atoms. The molecule has 0 aromatic rings. The highest BCUT2D eigenvalue weighted by atomic mass is 16.4. The Bertz CT molecular complexity index is 181. The lowest BCUT2D eigenvalue weighted by molar-refractivity contribution is -0.137. The number of carboxylic acids is 1. The minimum absolute atomic E-state index is 0.0909. The number of unbranched alkanes of at least 4 members (excludes halogenated alkanes) is 3. The molecular weight excluding hydrogens is 202 g/mol. The van der Waals surface area contributed by atoms with Crippen LogP contribution in [0.1, 0.15) is 59.3 Å². The number of hydrogen-bond donors (Lipinski definition) is 2. The van der Waals surface area contributed by atoms with E-state index in [9.17, 15) is 4.79 Å². The van der Waals surface area contributed by atoms with E-state index in [0.29, 0.717) is 0 Å². The van der Waals surface area contributed by atoms with Gasteiger partial charge in [-0.15, -0.1) is 0 Å². The van der Waals surface area contributed by atoms with Crippen LogP contribution in [0.2, 0.25) is 0 Å². The van der Waals surface area contributed by atoms with Gasteiger partial charge in [0.1, 0.15) is 0 Å². The molecule has 0 aliphatic heterocycles. The lowest BCUT2D eigenvalue weighted by Crippen LogP contribution is -2.29. The lowest BCUT2D eigenvalue weighted by Gasteiger charge is -2.11. The molecule has 0 aromatic carbocycles. The molecule has 0 aliphatic carbocycles. The van der Waals surface area contributed by atoms with E-state index in [1.54, 1.807) is 0 Å². The lowest BCUT2D eigenvalue weighted by atomic mass is 10.0. The number of aliphatic carboxylic acids is 1. The molecule has 0 aliphatic rings. The molecule has 3 heteroatoms. The van der Waals surface area contributed by atoms with E-state index in [2.05, 4.69) is 19.2 Å². The van der Waals surface area contributed by atoms with Crippen LogP contribution in [-0.4, -0.2) is 23.7 Å². The maximum absolute atomic E-state index is 10.4. The van der Waals surface area contributed by atoms with Gasteiger partial charge in [0, 0.05) is 6.04 Å². The molecule has 0 fully saturated rings. The topological polar surface area (TPSA) is 49.3 Å². The van der Waals surface area contributed by atoms with Crippen molar-refractivity contribution in [3.63, 3.8) is 0 Å². The van der Waals surface area contributed by atoms with E-state index in [-0.39, 0.29) is 12.5 Å². The fourth-order valence-electron chi connectivity index (χ4n) is 1.71. The van der Waals surface area contributed by atoms with Crippen molar-refractivity contribution in [1.82, 2.24) is 5.32 Å². The minimum Gasteiger partial charge on any atom is -0.481 e. The van der Waals surface area contributed by atoms with Gasteiger partial charge in [-0.05, 0) is 25.8 Å². The number of carbonyl (C=O) groups is 1. The van der Waals surface area contributed by atoms with Gasteiger partial charge in [-0.1, -0.05) is 39.5 Å². The van der Waals surface area contributed by atoms with Crippen LogP contribution in [-0.2, 0) is 4.79 Å². The van der Waals surface area contributed by atoms with Crippen LogP contribution in [0.3, 0.4) is 0 Å². The zero-order valence-electron chi connectivity index (χ0n) is 11.0. The summed E-state index contributed by atoms with van der Waals surface area (Å²) in [5.41, 5.74) is 0. The Kier molecular flexibility index (Phi) is 9.30. The third-order valence-electron chi connectivity index (χ3n) is 2.68. The first-order chi connectivity index (χ1) is 7.52. The summed E-state index contributed by atoms with van der Waals surface area (Å²) in [6.07, 6.45) is 6.56. The average Bonchev–Trinajstić information content (AvgIpc) is 2.14. The molecule has 0 rings (SSSR count). The number of nitrogens with one attached hydrogen (secondary N) is 1. The normalized spacial score (nSPS) is 13.0. The molecule has 0 bridgehead atoms. The molecule has 0 amide bonds. The molecule has 0 saturated carbocycles. The van der Waals surface area contributed by atoms with Gasteiger partial charge in [0.25, 0.3) is 0 Å². The summed E-state index contributed by atoms with van der Waals surface area (Å²) < 4.78 is 0. The highest BCUT2D eigenvalue weighted by Crippen LogP contribution is 2.09. The molecule has 0 heterocycles. The maximum atomic E-state index is 10.4. The molecule has 0 saturated heterocycles. The highest BCUT2D eigenvalue weighted by Gasteiger charge is 2.05. The van der Waals surface area contributed by atoms with Gasteiger partial charge < -0.3 is 10.4 Å². The van der Waals surface area contributed by atoms with E-state index < -0.39 is 5.97 Å². The van der Waals surface area contributed by atoms with Crippen molar-refractivity contribution in [2.45, 2.75) is 65.3 Å². The van der Waals surface area contributed by atoms with E-state index in [0.717, 1.165) is 18.9 Å². The van der Waals surface area contributed by atoms with Gasteiger partial charge in [0.05, 0.1) is 6.42 Å². The van der Waals surface area contributed by atoms with Crippen LogP contribution in [0.15, 0.2) is 0 Å². The largest absolute Gasteiger partial charge is 0.481 e. The van der Waals surface area contributed by atoms with Crippen LogP contribution in [0.5, 0.6) is 0 Å². The summed E-state index contributed by atoms with van der Waals surface area (Å²) >= 11 is 0. The fraction of sp³-hybridized carbons (Fsp3) is 0.923. The molecule has 96 valence electrons. The van der Waals surface area contributed by atoms with Gasteiger partial charge in [0.15, 0.2) is 0 Å². The second-order valence-corrected chi connectivity index (χ2v) is 5.05. The summed E-state index contributed by atoms with van der Waals surface area (Å²) in [5, 5.41) is 11.8. The van der Waals surface area contributed by atoms with Crippen LogP contribution >= 0.6 is 0 Å². The standard InChI is InChI=1S/C13H27NO2/c1-11(2)8-6-4-5-7-9-14-12(3)10-13(15)16/h11-12,14H,4-10H2,1-3H3,(H,15,16). The zero-order chi connectivity index (χ0) is 12.4. The monoisotopic (exact) mass is 229 g/mol. The van der Waals surface area contributed by atoms with Crippen LogP contribution in [0.25, 0.3) is 0 Å². The Labute approximate surface area is 99.6 Å². The molecule has 3 nitrogen and oxygen atoms in total. The first-order valence-electron chi connectivity index (χ1n) is 6.47. The van der Waals surface area contributed by atoms with E-state index in [4.69, 9.17) is 5.11 Å². The summed E-state index contributed by atoms with van der Waals surface area (Å²) in [4.78, 5) is 10.4. The maximum Gasteiger partial charge on any atom is 0.304 e. The molecule has 1 unspecified atom stereocenters. The number of hydrogen-bond acceptors (Lipinski definition) is 2. The third kappa shape index (κ3) is 11.5. The van der Waals surface area contributed by atoms with Crippen molar-refractivity contribution in [2.75, 3.05) is 6.54 Å². The molecule has 16 heavy (non-hydrogen) atoms. The van der Waals surface area contributed by atoms with Crippen molar-refractivity contribution < 1.29 is 9.90 Å². The molecular formula is C13H27NO2. The van der Waals surface area contributed by atoms with Crippen LogP contribution in [0, 0.1) is 5.92 Å². The Morgan fingerprint density at radius 3 is 2.31 bits per heavy atom. The summed E-state index contributed by atoms with van der Waals surface area (Å²) in [6.45, 7) is 7.38. The minimum atomic E-state index is -0.725. The van der Waals surface area contributed by atoms with Crippen molar-refractivity contribution in [2.24, 2.45) is 5.92 Å².